The maximum absolute atomic E-state index is 11.4. The van der Waals surface area contributed by atoms with Crippen LogP contribution in [-0.4, -0.2) is 30.1 Å². The van der Waals surface area contributed by atoms with Crippen molar-refractivity contribution in [1.82, 2.24) is 0 Å². The molecule has 0 saturated carbocycles. The molecule has 1 unspecified atom stereocenters. The summed E-state index contributed by atoms with van der Waals surface area (Å²) in [5, 5.41) is 0. The zero-order valence-corrected chi connectivity index (χ0v) is 11.3. The van der Waals surface area contributed by atoms with Gasteiger partial charge in [-0.3, -0.25) is 9.11 Å². The van der Waals surface area contributed by atoms with Gasteiger partial charge in [0.1, 0.15) is 0 Å². The topological polar surface area (TPSA) is 135 Å². The van der Waals surface area contributed by atoms with Crippen LogP contribution in [0.1, 0.15) is 5.56 Å². The third-order valence-corrected chi connectivity index (χ3v) is 4.89. The van der Waals surface area contributed by atoms with Crippen molar-refractivity contribution >= 4 is 31.6 Å². The predicted molar refractivity (Wildman–Crippen MR) is 60.0 cm³/mol. The van der Waals surface area contributed by atoms with Crippen LogP contribution in [0.25, 0.3) is 0 Å². The lowest BCUT2D eigenvalue weighted by atomic mass is 10.2. The number of hydrogen-bond acceptors (Lipinski definition) is 6. The molecule has 1 aromatic carbocycles. The Morgan fingerprint density at radius 1 is 1.22 bits per heavy atom. The molecule has 1 aromatic rings. The van der Waals surface area contributed by atoms with E-state index < -0.39 is 41.4 Å². The van der Waals surface area contributed by atoms with Gasteiger partial charge in [-0.05, 0) is 30.7 Å². The van der Waals surface area contributed by atoms with E-state index in [2.05, 4.69) is 3.63 Å². The first-order valence-corrected chi connectivity index (χ1v) is 8.06. The van der Waals surface area contributed by atoms with Crippen LogP contribution in [-0.2, 0) is 35.2 Å². The number of hydrogen-bond donors (Lipinski definition) is 2. The quantitative estimate of drug-likeness (QED) is 0.589. The van der Waals surface area contributed by atoms with Crippen molar-refractivity contribution in [1.29, 1.82) is 0 Å². The molecule has 2 N–H and O–H groups in total. The molecule has 1 rings (SSSR count). The van der Waals surface area contributed by atoms with Crippen molar-refractivity contribution in [3.8, 4) is 0 Å². The van der Waals surface area contributed by atoms with Crippen LogP contribution in [0.15, 0.2) is 28.0 Å². The first-order valence-electron chi connectivity index (χ1n) is 4.18. The lowest BCUT2D eigenvalue weighted by molar-refractivity contribution is 0.442. The summed E-state index contributed by atoms with van der Waals surface area (Å²) in [7, 11) is -8.93. The Hall–Kier alpha value is -0.850. The molecule has 1 atom stereocenters. The van der Waals surface area contributed by atoms with E-state index in [0.29, 0.717) is 0 Å². The summed E-state index contributed by atoms with van der Waals surface area (Å²) in [5.41, 5.74) is -0.0597. The summed E-state index contributed by atoms with van der Waals surface area (Å²) in [6.07, 6.45) is 0. The molecule has 0 aliphatic rings. The molecule has 102 valence electrons. The van der Waals surface area contributed by atoms with Crippen molar-refractivity contribution in [2.24, 2.45) is 0 Å². The largest absolute Gasteiger partial charge is 0.317 e. The van der Waals surface area contributed by atoms with E-state index in [1.54, 1.807) is 0 Å². The molecule has 0 amide bonds. The van der Waals surface area contributed by atoms with Crippen molar-refractivity contribution in [3.63, 3.8) is 0 Å². The Balaban J connectivity index is 3.35. The van der Waals surface area contributed by atoms with Gasteiger partial charge < -0.3 is 0 Å². The minimum atomic E-state index is -4.48. The van der Waals surface area contributed by atoms with E-state index in [-0.39, 0.29) is 5.56 Å². The molecule has 8 nitrogen and oxygen atoms in total. The minimum Gasteiger partial charge on any atom is -0.283 e. The Kier molecular flexibility index (Phi) is 4.25. The van der Waals surface area contributed by atoms with Gasteiger partial charge in [0.05, 0.1) is 9.79 Å². The molecular weight excluding hydrogens is 308 g/mol. The predicted octanol–water partition coefficient (Wildman–Crippen LogP) is 0.0837. The average Bonchev–Trinajstić information content (AvgIpc) is 2.13. The summed E-state index contributed by atoms with van der Waals surface area (Å²) >= 11 is -3.02. The normalized spacial score (nSPS) is 14.4. The van der Waals surface area contributed by atoms with E-state index in [4.69, 9.17) is 9.11 Å². The third-order valence-electron chi connectivity index (χ3n) is 1.86. The minimum absolute atomic E-state index is 0.0597. The van der Waals surface area contributed by atoms with Crippen LogP contribution >= 0.6 is 0 Å². The van der Waals surface area contributed by atoms with E-state index in [9.17, 15) is 21.0 Å². The van der Waals surface area contributed by atoms with E-state index >= 15 is 0 Å². The highest BCUT2D eigenvalue weighted by atomic mass is 32.3. The lowest BCUT2D eigenvalue weighted by Gasteiger charge is -2.06. The molecule has 0 fully saturated rings. The van der Waals surface area contributed by atoms with Crippen molar-refractivity contribution in [2.75, 3.05) is 0 Å². The SMILES string of the molecule is Cc1cc(S(=O)(=O)O)ccc1S(=O)(=O)OS(=O)O. The first-order chi connectivity index (χ1) is 8.04. The maximum Gasteiger partial charge on any atom is 0.317 e. The molecule has 0 aliphatic carbocycles. The van der Waals surface area contributed by atoms with Gasteiger partial charge >= 0.3 is 21.5 Å². The van der Waals surface area contributed by atoms with Gasteiger partial charge in [0.15, 0.2) is 0 Å². The Morgan fingerprint density at radius 2 is 1.78 bits per heavy atom. The number of aryl methyl sites for hydroxylation is 1. The third kappa shape index (κ3) is 3.57. The van der Waals surface area contributed by atoms with Crippen LogP contribution in [0, 0.1) is 6.92 Å². The molecule has 0 saturated heterocycles. The maximum atomic E-state index is 11.4. The van der Waals surface area contributed by atoms with Gasteiger partial charge in [0.25, 0.3) is 10.1 Å². The molecule has 0 radical (unpaired) electrons. The molecule has 0 bridgehead atoms. The fraction of sp³-hybridized carbons (Fsp3) is 0.143. The smallest absolute Gasteiger partial charge is 0.283 e. The molecule has 11 heteroatoms. The molecule has 0 spiro atoms. The van der Waals surface area contributed by atoms with Crippen molar-refractivity contribution in [3.05, 3.63) is 23.8 Å². The standard InChI is InChI=1S/C7H8O8S3/c1-5-4-6(17(10,11)12)2-3-7(5)18(13,14)15-16(8)9/h2-4H,1H3,(H,8,9)(H,10,11,12). The zero-order chi connectivity index (χ0) is 14.1. The Bertz CT molecular complexity index is 687. The Labute approximate surface area is 106 Å². The average molecular weight is 316 g/mol. The first kappa shape index (κ1) is 15.2. The number of benzene rings is 1. The highest BCUT2D eigenvalue weighted by Gasteiger charge is 2.22. The van der Waals surface area contributed by atoms with Gasteiger partial charge in [0, 0.05) is 0 Å². The lowest BCUT2D eigenvalue weighted by Crippen LogP contribution is -2.10. The number of rotatable bonds is 4. The van der Waals surface area contributed by atoms with Gasteiger partial charge in [-0.25, -0.2) is 0 Å². The second-order valence-electron chi connectivity index (χ2n) is 3.14. The highest BCUT2D eigenvalue weighted by molar-refractivity contribution is 7.95. The van der Waals surface area contributed by atoms with Crippen LogP contribution in [0.5, 0.6) is 0 Å². The Morgan fingerprint density at radius 3 is 2.17 bits per heavy atom. The zero-order valence-electron chi connectivity index (χ0n) is 8.80. The van der Waals surface area contributed by atoms with Crippen LogP contribution in [0.4, 0.5) is 0 Å². The molecular formula is C7H8O8S3. The van der Waals surface area contributed by atoms with E-state index in [1.165, 1.54) is 6.92 Å². The van der Waals surface area contributed by atoms with E-state index in [0.717, 1.165) is 18.2 Å². The molecule has 0 aromatic heterocycles. The monoisotopic (exact) mass is 316 g/mol. The fourth-order valence-corrected chi connectivity index (χ4v) is 3.34. The summed E-state index contributed by atoms with van der Waals surface area (Å²) in [4.78, 5) is -0.971. The van der Waals surface area contributed by atoms with Crippen molar-refractivity contribution < 1.29 is 33.8 Å². The van der Waals surface area contributed by atoms with Gasteiger partial charge in [0.2, 0.25) is 0 Å². The van der Waals surface area contributed by atoms with Gasteiger partial charge in [-0.1, -0.05) is 0 Å². The van der Waals surface area contributed by atoms with Gasteiger partial charge in [-0.2, -0.15) is 21.0 Å². The fourth-order valence-electron chi connectivity index (χ4n) is 1.18. The summed E-state index contributed by atoms with van der Waals surface area (Å²) in [6, 6.07) is 2.57. The van der Waals surface area contributed by atoms with Crippen LogP contribution < -0.4 is 0 Å². The van der Waals surface area contributed by atoms with Crippen LogP contribution in [0.3, 0.4) is 0 Å². The second-order valence-corrected chi connectivity index (χ2v) is 6.89. The highest BCUT2D eigenvalue weighted by Crippen LogP contribution is 2.21. The molecule has 0 heterocycles. The summed E-state index contributed by atoms with van der Waals surface area (Å²) in [6.45, 7) is 1.24. The van der Waals surface area contributed by atoms with Crippen molar-refractivity contribution in [2.45, 2.75) is 16.7 Å². The second kappa shape index (κ2) is 5.03. The molecule has 18 heavy (non-hydrogen) atoms. The van der Waals surface area contributed by atoms with Gasteiger partial charge in [-0.15, -0.1) is 3.63 Å². The molecule has 0 aliphatic heterocycles. The van der Waals surface area contributed by atoms with E-state index in [1.807, 2.05) is 0 Å². The van der Waals surface area contributed by atoms with Crippen LogP contribution in [0.2, 0.25) is 0 Å². The summed E-state index contributed by atoms with van der Waals surface area (Å²) < 4.78 is 75.7. The summed E-state index contributed by atoms with van der Waals surface area (Å²) in [5.74, 6) is 0.